The van der Waals surface area contributed by atoms with E-state index in [0.29, 0.717) is 5.65 Å². The third-order valence-electron chi connectivity index (χ3n) is 2.53. The molecule has 4 nitrogen and oxygen atoms in total. The zero-order chi connectivity index (χ0) is 10.4. The molecule has 0 unspecified atom stereocenters. The molecule has 1 aromatic carbocycles. The summed E-state index contributed by atoms with van der Waals surface area (Å²) in [6.45, 7) is 1.94. The van der Waals surface area contributed by atoms with Crippen molar-refractivity contribution in [3.63, 3.8) is 0 Å². The Bertz CT molecular complexity index is 708. The van der Waals surface area contributed by atoms with Gasteiger partial charge in [-0.1, -0.05) is 12.1 Å². The average molecular weight is 199 g/mol. The van der Waals surface area contributed by atoms with Crippen molar-refractivity contribution in [1.29, 1.82) is 0 Å². The number of para-hydroxylation sites is 2. The molecular weight excluding hydrogens is 190 g/mol. The molecule has 0 aliphatic rings. The summed E-state index contributed by atoms with van der Waals surface area (Å²) in [4.78, 5) is 18.6. The van der Waals surface area contributed by atoms with Gasteiger partial charge in [-0.25, -0.2) is 4.98 Å². The first-order valence-electron chi connectivity index (χ1n) is 4.72. The molecule has 2 heterocycles. The molecule has 0 radical (unpaired) electrons. The van der Waals surface area contributed by atoms with Crippen molar-refractivity contribution in [3.8, 4) is 0 Å². The van der Waals surface area contributed by atoms with Crippen LogP contribution in [-0.2, 0) is 0 Å². The second-order valence-electron chi connectivity index (χ2n) is 3.53. The molecule has 1 N–H and O–H groups in total. The number of fused-ring (bicyclic) bond motifs is 3. The van der Waals surface area contributed by atoms with Crippen LogP contribution in [0.3, 0.4) is 0 Å². The Morgan fingerprint density at radius 1 is 1.33 bits per heavy atom. The van der Waals surface area contributed by atoms with Crippen molar-refractivity contribution >= 4 is 16.7 Å². The number of hydrogen-bond acceptors (Lipinski definition) is 2. The van der Waals surface area contributed by atoms with Crippen LogP contribution in [0, 0.1) is 6.92 Å². The fraction of sp³-hybridized carbons (Fsp3) is 0.0909. The Labute approximate surface area is 85.2 Å². The minimum Gasteiger partial charge on any atom is -0.317 e. The molecule has 2 aromatic heterocycles. The van der Waals surface area contributed by atoms with Gasteiger partial charge in [-0.05, 0) is 19.1 Å². The molecule has 4 heteroatoms. The van der Waals surface area contributed by atoms with Crippen molar-refractivity contribution in [3.05, 3.63) is 46.5 Å². The topological polar surface area (TPSA) is 50.2 Å². The summed E-state index contributed by atoms with van der Waals surface area (Å²) in [5.74, 6) is 0. The summed E-state index contributed by atoms with van der Waals surface area (Å²) in [5, 5.41) is 0. The molecule has 3 rings (SSSR count). The van der Waals surface area contributed by atoms with E-state index < -0.39 is 0 Å². The monoisotopic (exact) mass is 199 g/mol. The van der Waals surface area contributed by atoms with E-state index in [-0.39, 0.29) is 5.56 Å². The standard InChI is InChI=1S/C11H9N3O/c1-7-6-12-10-11(15)13-8-4-2-3-5-9(8)14(7)10/h2-6H,1H3,(H,13,15). The van der Waals surface area contributed by atoms with E-state index in [0.717, 1.165) is 16.7 Å². The smallest absolute Gasteiger partial charge is 0.292 e. The van der Waals surface area contributed by atoms with Gasteiger partial charge in [-0.2, -0.15) is 0 Å². The molecule has 0 saturated heterocycles. The minimum atomic E-state index is -0.151. The maximum absolute atomic E-state index is 11.7. The van der Waals surface area contributed by atoms with Crippen LogP contribution in [0.25, 0.3) is 16.7 Å². The molecule has 3 aromatic rings. The van der Waals surface area contributed by atoms with E-state index in [1.165, 1.54) is 0 Å². The number of nitrogens with one attached hydrogen (secondary N) is 1. The first-order chi connectivity index (χ1) is 7.27. The number of aromatic amines is 1. The zero-order valence-corrected chi connectivity index (χ0v) is 8.19. The lowest BCUT2D eigenvalue weighted by molar-refractivity contribution is 1.12. The van der Waals surface area contributed by atoms with Gasteiger partial charge < -0.3 is 4.98 Å². The molecule has 0 fully saturated rings. The lowest BCUT2D eigenvalue weighted by Crippen LogP contribution is -2.11. The second kappa shape index (κ2) is 2.70. The number of aromatic nitrogens is 3. The highest BCUT2D eigenvalue weighted by molar-refractivity contribution is 5.77. The van der Waals surface area contributed by atoms with Crippen LogP contribution in [-0.4, -0.2) is 14.4 Å². The highest BCUT2D eigenvalue weighted by Gasteiger charge is 2.06. The number of benzene rings is 1. The van der Waals surface area contributed by atoms with Crippen molar-refractivity contribution in [1.82, 2.24) is 14.4 Å². The van der Waals surface area contributed by atoms with Crippen LogP contribution >= 0.6 is 0 Å². The van der Waals surface area contributed by atoms with Gasteiger partial charge in [-0.3, -0.25) is 9.20 Å². The maximum Gasteiger partial charge on any atom is 0.292 e. The summed E-state index contributed by atoms with van der Waals surface area (Å²) < 4.78 is 1.87. The SMILES string of the molecule is Cc1cnc2c(=O)[nH]c3ccccc3n12. The van der Waals surface area contributed by atoms with Crippen LogP contribution < -0.4 is 5.56 Å². The Morgan fingerprint density at radius 2 is 2.13 bits per heavy atom. The Balaban J connectivity index is 2.74. The summed E-state index contributed by atoms with van der Waals surface area (Å²) in [7, 11) is 0. The Morgan fingerprint density at radius 3 is 3.00 bits per heavy atom. The van der Waals surface area contributed by atoms with E-state index in [2.05, 4.69) is 9.97 Å². The highest BCUT2D eigenvalue weighted by Crippen LogP contribution is 2.12. The van der Waals surface area contributed by atoms with Crippen molar-refractivity contribution < 1.29 is 0 Å². The van der Waals surface area contributed by atoms with Gasteiger partial charge in [0.05, 0.1) is 11.0 Å². The number of nitrogens with zero attached hydrogens (tertiary/aromatic N) is 2. The number of H-pyrrole nitrogens is 1. The first kappa shape index (κ1) is 8.23. The van der Waals surface area contributed by atoms with Crippen LogP contribution in [0.2, 0.25) is 0 Å². The van der Waals surface area contributed by atoms with Crippen molar-refractivity contribution in [2.24, 2.45) is 0 Å². The van der Waals surface area contributed by atoms with Crippen LogP contribution in [0.1, 0.15) is 5.69 Å². The summed E-state index contributed by atoms with van der Waals surface area (Å²) >= 11 is 0. The molecule has 0 atom stereocenters. The van der Waals surface area contributed by atoms with Gasteiger partial charge in [0.2, 0.25) is 5.65 Å². The van der Waals surface area contributed by atoms with E-state index in [9.17, 15) is 4.79 Å². The number of imidazole rings is 1. The molecule has 0 saturated carbocycles. The third kappa shape index (κ3) is 1.01. The maximum atomic E-state index is 11.7. The molecule has 0 amide bonds. The fourth-order valence-electron chi connectivity index (χ4n) is 1.85. The quantitative estimate of drug-likeness (QED) is 0.596. The van der Waals surface area contributed by atoms with E-state index >= 15 is 0 Å². The molecule has 0 aliphatic heterocycles. The molecule has 0 aliphatic carbocycles. The van der Waals surface area contributed by atoms with Gasteiger partial charge >= 0.3 is 0 Å². The van der Waals surface area contributed by atoms with Crippen LogP contribution in [0.5, 0.6) is 0 Å². The summed E-state index contributed by atoms with van der Waals surface area (Å²) in [6, 6.07) is 7.69. The minimum absolute atomic E-state index is 0.151. The van der Waals surface area contributed by atoms with Gasteiger partial charge in [-0.15, -0.1) is 0 Å². The molecular formula is C11H9N3O. The molecule has 0 bridgehead atoms. The lowest BCUT2D eigenvalue weighted by Gasteiger charge is -2.02. The summed E-state index contributed by atoms with van der Waals surface area (Å²) in [5.41, 5.74) is 3.07. The average Bonchev–Trinajstić information content (AvgIpc) is 2.62. The predicted molar refractivity (Wildman–Crippen MR) is 58.1 cm³/mol. The fourth-order valence-corrected chi connectivity index (χ4v) is 1.85. The Hall–Kier alpha value is -2.10. The van der Waals surface area contributed by atoms with E-state index in [1.54, 1.807) is 6.20 Å². The van der Waals surface area contributed by atoms with E-state index in [1.807, 2.05) is 35.6 Å². The number of rotatable bonds is 0. The first-order valence-corrected chi connectivity index (χ1v) is 4.72. The normalized spacial score (nSPS) is 11.3. The highest BCUT2D eigenvalue weighted by atomic mass is 16.1. The largest absolute Gasteiger partial charge is 0.317 e. The summed E-state index contributed by atoms with van der Waals surface area (Å²) in [6.07, 6.45) is 1.71. The van der Waals surface area contributed by atoms with Gasteiger partial charge in [0.25, 0.3) is 5.56 Å². The molecule has 0 spiro atoms. The van der Waals surface area contributed by atoms with Gasteiger partial charge in [0.1, 0.15) is 0 Å². The van der Waals surface area contributed by atoms with Gasteiger partial charge in [0.15, 0.2) is 0 Å². The Kier molecular flexibility index (Phi) is 1.48. The number of hydrogen-bond donors (Lipinski definition) is 1. The van der Waals surface area contributed by atoms with Crippen molar-refractivity contribution in [2.75, 3.05) is 0 Å². The number of aryl methyl sites for hydroxylation is 1. The zero-order valence-electron chi connectivity index (χ0n) is 8.19. The lowest BCUT2D eigenvalue weighted by atomic mass is 10.3. The van der Waals surface area contributed by atoms with Crippen molar-refractivity contribution in [2.45, 2.75) is 6.92 Å². The third-order valence-corrected chi connectivity index (χ3v) is 2.53. The molecule has 74 valence electrons. The second-order valence-corrected chi connectivity index (χ2v) is 3.53. The van der Waals surface area contributed by atoms with Crippen LogP contribution in [0.15, 0.2) is 35.3 Å². The van der Waals surface area contributed by atoms with Crippen LogP contribution in [0.4, 0.5) is 0 Å². The molecule has 15 heavy (non-hydrogen) atoms. The predicted octanol–water partition coefficient (Wildman–Crippen LogP) is 1.48. The van der Waals surface area contributed by atoms with E-state index in [4.69, 9.17) is 0 Å². The van der Waals surface area contributed by atoms with Gasteiger partial charge in [0, 0.05) is 11.9 Å².